The molecule has 0 aromatic heterocycles. The zero-order valence-electron chi connectivity index (χ0n) is 12.0. The summed E-state index contributed by atoms with van der Waals surface area (Å²) in [6.07, 6.45) is 1.93. The lowest BCUT2D eigenvalue weighted by molar-refractivity contribution is -0.117. The summed E-state index contributed by atoms with van der Waals surface area (Å²) in [5.41, 5.74) is 1.25. The van der Waals surface area contributed by atoms with Crippen molar-refractivity contribution in [1.82, 2.24) is 4.72 Å². The molecule has 1 amide bonds. The van der Waals surface area contributed by atoms with E-state index in [0.29, 0.717) is 0 Å². The van der Waals surface area contributed by atoms with Gasteiger partial charge in [0.15, 0.2) is 0 Å². The van der Waals surface area contributed by atoms with Crippen LogP contribution in [0.1, 0.15) is 18.9 Å². The molecule has 22 heavy (non-hydrogen) atoms. The van der Waals surface area contributed by atoms with Gasteiger partial charge in [0, 0.05) is 0 Å². The smallest absolute Gasteiger partial charge is 0.326 e. The summed E-state index contributed by atoms with van der Waals surface area (Å²) >= 11 is 0. The molecule has 116 valence electrons. The van der Waals surface area contributed by atoms with E-state index in [-0.39, 0.29) is 18.0 Å². The molecular formula is C15H16N2O4S. The van der Waals surface area contributed by atoms with E-state index in [1.165, 1.54) is 6.07 Å². The summed E-state index contributed by atoms with van der Waals surface area (Å²) in [6.45, 7) is 1.76. The van der Waals surface area contributed by atoms with Crippen molar-refractivity contribution in [2.75, 3.05) is 10.8 Å². The highest BCUT2D eigenvalue weighted by Crippen LogP contribution is 2.35. The monoisotopic (exact) mass is 320 g/mol. The molecule has 3 rings (SSSR count). The molecule has 1 heterocycles. The third kappa shape index (κ3) is 2.48. The normalized spacial score (nSPS) is 17.0. The minimum atomic E-state index is -3.93. The second kappa shape index (κ2) is 5.17. The predicted octanol–water partition coefficient (Wildman–Crippen LogP) is 1.68. The first-order valence-electron chi connectivity index (χ1n) is 6.99. The maximum Gasteiger partial charge on any atom is 0.326 e. The van der Waals surface area contributed by atoms with Gasteiger partial charge in [0.05, 0.1) is 5.69 Å². The Labute approximate surface area is 128 Å². The molecule has 0 atom stereocenters. The summed E-state index contributed by atoms with van der Waals surface area (Å²) in [4.78, 5) is 11.3. The highest BCUT2D eigenvalue weighted by atomic mass is 32.2. The van der Waals surface area contributed by atoms with Crippen LogP contribution in [0.25, 0.3) is 10.8 Å². The minimum absolute atomic E-state index is 0.111. The van der Waals surface area contributed by atoms with Gasteiger partial charge in [-0.25, -0.2) is 9.03 Å². The number of nitrogens with one attached hydrogen (secondary N) is 1. The molecule has 0 bridgehead atoms. The number of phenols is 1. The largest absolute Gasteiger partial charge is 0.506 e. The van der Waals surface area contributed by atoms with E-state index in [4.69, 9.17) is 0 Å². The third-order valence-corrected chi connectivity index (χ3v) is 5.02. The molecule has 0 aliphatic carbocycles. The lowest BCUT2D eigenvalue weighted by atomic mass is 10.0. The van der Waals surface area contributed by atoms with Crippen LogP contribution in [-0.2, 0) is 21.4 Å². The number of phenolic OH excluding ortho intramolecular Hbond substituents is 1. The number of anilines is 1. The van der Waals surface area contributed by atoms with Gasteiger partial charge >= 0.3 is 10.2 Å². The minimum Gasteiger partial charge on any atom is -0.506 e. The zero-order valence-corrected chi connectivity index (χ0v) is 12.9. The lowest BCUT2D eigenvalue weighted by Crippen LogP contribution is -2.29. The first kappa shape index (κ1) is 14.6. The molecule has 2 N–H and O–H groups in total. The fourth-order valence-corrected chi connectivity index (χ4v) is 3.78. The van der Waals surface area contributed by atoms with Crippen molar-refractivity contribution < 1.29 is 18.3 Å². The van der Waals surface area contributed by atoms with Crippen LogP contribution in [0.3, 0.4) is 0 Å². The van der Waals surface area contributed by atoms with E-state index >= 15 is 0 Å². The molecular weight excluding hydrogens is 304 g/mol. The van der Waals surface area contributed by atoms with Crippen LogP contribution in [-0.4, -0.2) is 26.0 Å². The van der Waals surface area contributed by atoms with Crippen molar-refractivity contribution in [1.29, 1.82) is 0 Å². The number of aromatic hydroxyl groups is 1. The van der Waals surface area contributed by atoms with Crippen LogP contribution >= 0.6 is 0 Å². The Bertz CT molecular complexity index is 861. The van der Waals surface area contributed by atoms with E-state index in [0.717, 1.165) is 33.5 Å². The van der Waals surface area contributed by atoms with Crippen LogP contribution in [0.2, 0.25) is 0 Å². The summed E-state index contributed by atoms with van der Waals surface area (Å²) in [7, 11) is -3.93. The Balaban J connectivity index is 2.13. The predicted molar refractivity (Wildman–Crippen MR) is 84.0 cm³/mol. The maximum atomic E-state index is 11.9. The Morgan fingerprint density at radius 2 is 2.00 bits per heavy atom. The Hall–Kier alpha value is -2.28. The molecule has 0 unspecified atom stereocenters. The van der Waals surface area contributed by atoms with Crippen LogP contribution in [0.5, 0.6) is 5.75 Å². The average molecular weight is 320 g/mol. The molecule has 2 aromatic carbocycles. The van der Waals surface area contributed by atoms with E-state index in [1.807, 2.05) is 22.9 Å². The van der Waals surface area contributed by atoms with Gasteiger partial charge in [-0.1, -0.05) is 31.5 Å². The number of fused-ring (bicyclic) bond motifs is 1. The van der Waals surface area contributed by atoms with Crippen LogP contribution in [0.4, 0.5) is 5.69 Å². The number of rotatable bonds is 3. The van der Waals surface area contributed by atoms with E-state index in [9.17, 15) is 18.3 Å². The maximum absolute atomic E-state index is 11.9. The topological polar surface area (TPSA) is 86.7 Å². The number of amides is 1. The van der Waals surface area contributed by atoms with Crippen molar-refractivity contribution in [3.05, 3.63) is 35.9 Å². The zero-order chi connectivity index (χ0) is 15.9. The molecule has 0 saturated carbocycles. The standard InChI is InChI=1S/C15H16N2O4S/c1-2-3-10-4-5-11-8-14(18)13(7-12(11)6-10)17-9-15(19)16-22(17,20)21/h4-8,18H,2-3,9H2,1H3,(H,16,19). The highest BCUT2D eigenvalue weighted by Gasteiger charge is 2.35. The summed E-state index contributed by atoms with van der Waals surface area (Å²) in [5, 5.41) is 11.8. The summed E-state index contributed by atoms with van der Waals surface area (Å²) in [6, 6.07) is 8.97. The van der Waals surface area contributed by atoms with E-state index in [1.54, 1.807) is 6.07 Å². The summed E-state index contributed by atoms with van der Waals surface area (Å²) in [5.74, 6) is -0.782. The van der Waals surface area contributed by atoms with Gasteiger partial charge in [0.25, 0.3) is 5.91 Å². The molecule has 1 fully saturated rings. The van der Waals surface area contributed by atoms with Crippen LogP contribution < -0.4 is 9.03 Å². The van der Waals surface area contributed by atoms with E-state index < -0.39 is 16.1 Å². The second-order valence-corrected chi connectivity index (χ2v) is 6.90. The Kier molecular flexibility index (Phi) is 3.44. The molecule has 0 radical (unpaired) electrons. The van der Waals surface area contributed by atoms with Crippen molar-refractivity contribution in [2.45, 2.75) is 19.8 Å². The molecule has 7 heteroatoms. The highest BCUT2D eigenvalue weighted by molar-refractivity contribution is 7.92. The fraction of sp³-hybridized carbons (Fsp3) is 0.267. The van der Waals surface area contributed by atoms with Crippen LogP contribution in [0.15, 0.2) is 30.3 Å². The number of aryl methyl sites for hydroxylation is 1. The third-order valence-electron chi connectivity index (χ3n) is 3.63. The molecule has 1 aliphatic heterocycles. The Morgan fingerprint density at radius 3 is 2.64 bits per heavy atom. The first-order chi connectivity index (χ1) is 10.4. The van der Waals surface area contributed by atoms with Crippen molar-refractivity contribution in [3.8, 4) is 5.75 Å². The van der Waals surface area contributed by atoms with Crippen molar-refractivity contribution in [3.63, 3.8) is 0 Å². The molecule has 0 spiro atoms. The van der Waals surface area contributed by atoms with Gasteiger partial charge in [-0.3, -0.25) is 4.79 Å². The van der Waals surface area contributed by atoms with Gasteiger partial charge in [0.2, 0.25) is 0 Å². The first-order valence-corrected chi connectivity index (χ1v) is 8.43. The van der Waals surface area contributed by atoms with Crippen molar-refractivity contribution in [2.24, 2.45) is 0 Å². The number of hydrogen-bond acceptors (Lipinski definition) is 4. The number of benzene rings is 2. The lowest BCUT2D eigenvalue weighted by Gasteiger charge is -2.17. The second-order valence-electron chi connectivity index (χ2n) is 5.31. The fourth-order valence-electron chi connectivity index (χ4n) is 2.63. The van der Waals surface area contributed by atoms with Crippen LogP contribution in [0, 0.1) is 0 Å². The summed E-state index contributed by atoms with van der Waals surface area (Å²) < 4.78 is 26.6. The van der Waals surface area contributed by atoms with Crippen molar-refractivity contribution >= 4 is 32.6 Å². The van der Waals surface area contributed by atoms with Gasteiger partial charge in [-0.15, -0.1) is 0 Å². The number of carbonyl (C=O) groups excluding carboxylic acids is 1. The molecule has 6 nitrogen and oxygen atoms in total. The SMILES string of the molecule is CCCc1ccc2cc(O)c(N3CC(=O)NS3(=O)=O)cc2c1. The quantitative estimate of drug-likeness (QED) is 0.901. The number of carbonyl (C=O) groups is 1. The van der Waals surface area contributed by atoms with Gasteiger partial charge in [0.1, 0.15) is 12.3 Å². The number of hydrogen-bond donors (Lipinski definition) is 2. The number of nitrogens with zero attached hydrogens (tertiary/aromatic N) is 1. The average Bonchev–Trinajstić information content (AvgIpc) is 2.71. The van der Waals surface area contributed by atoms with Gasteiger partial charge in [-0.05, 0) is 34.9 Å². The van der Waals surface area contributed by atoms with Gasteiger partial charge < -0.3 is 5.11 Å². The molecule has 1 aliphatic rings. The van der Waals surface area contributed by atoms with E-state index in [2.05, 4.69) is 6.92 Å². The Morgan fingerprint density at radius 1 is 1.23 bits per heavy atom. The molecule has 1 saturated heterocycles. The van der Waals surface area contributed by atoms with Gasteiger partial charge in [-0.2, -0.15) is 8.42 Å². The molecule has 2 aromatic rings.